The minimum atomic E-state index is -0.251. The summed E-state index contributed by atoms with van der Waals surface area (Å²) in [6.07, 6.45) is 7.01. The molecule has 0 aromatic carbocycles. The van der Waals surface area contributed by atoms with Crippen LogP contribution in [0.25, 0.3) is 6.08 Å². The molecule has 2 aromatic heterocycles. The Bertz CT molecular complexity index is 747. The van der Waals surface area contributed by atoms with Crippen molar-refractivity contribution in [3.63, 3.8) is 0 Å². The fourth-order valence-electron chi connectivity index (χ4n) is 2.47. The van der Waals surface area contributed by atoms with E-state index in [2.05, 4.69) is 15.6 Å². The zero-order chi connectivity index (χ0) is 17.6. The lowest BCUT2D eigenvalue weighted by atomic mass is 10.2. The van der Waals surface area contributed by atoms with Crippen molar-refractivity contribution in [1.82, 2.24) is 15.6 Å². The SMILES string of the molecule is Cc1csc([C@H](NC(=O)CCNC(=O)/C=C/c2ccco2)C2CC2)n1. The van der Waals surface area contributed by atoms with Crippen molar-refractivity contribution in [2.75, 3.05) is 6.54 Å². The fraction of sp³-hybridized carbons (Fsp3) is 0.389. The summed E-state index contributed by atoms with van der Waals surface area (Å²) in [4.78, 5) is 28.4. The Morgan fingerprint density at radius 2 is 2.32 bits per heavy atom. The molecule has 0 saturated heterocycles. The number of nitrogens with zero attached hydrogens (tertiary/aromatic N) is 1. The van der Waals surface area contributed by atoms with Gasteiger partial charge in [0.15, 0.2) is 0 Å². The highest BCUT2D eigenvalue weighted by atomic mass is 32.1. The summed E-state index contributed by atoms with van der Waals surface area (Å²) in [6, 6.07) is 3.51. The number of aryl methyl sites for hydroxylation is 1. The van der Waals surface area contributed by atoms with Gasteiger partial charge in [0.1, 0.15) is 10.8 Å². The van der Waals surface area contributed by atoms with E-state index in [0.717, 1.165) is 23.5 Å². The molecule has 0 spiro atoms. The molecular weight excluding hydrogens is 338 g/mol. The summed E-state index contributed by atoms with van der Waals surface area (Å²) in [6.45, 7) is 2.25. The first-order valence-electron chi connectivity index (χ1n) is 8.32. The van der Waals surface area contributed by atoms with Crippen molar-refractivity contribution in [3.05, 3.63) is 46.3 Å². The Morgan fingerprint density at radius 1 is 1.48 bits per heavy atom. The van der Waals surface area contributed by atoms with E-state index in [1.165, 1.54) is 6.08 Å². The average molecular weight is 359 g/mol. The number of rotatable bonds is 8. The Kier molecular flexibility index (Phi) is 5.65. The van der Waals surface area contributed by atoms with Crippen molar-refractivity contribution in [3.8, 4) is 0 Å². The Morgan fingerprint density at radius 3 is 2.96 bits per heavy atom. The summed E-state index contributed by atoms with van der Waals surface area (Å²) >= 11 is 1.59. The first-order chi connectivity index (χ1) is 12.1. The second kappa shape index (κ2) is 8.11. The lowest BCUT2D eigenvalue weighted by Gasteiger charge is -2.15. The van der Waals surface area contributed by atoms with Gasteiger partial charge in [0.25, 0.3) is 0 Å². The lowest BCUT2D eigenvalue weighted by molar-refractivity contribution is -0.122. The number of carbonyl (C=O) groups excluding carboxylic acids is 2. The molecule has 0 radical (unpaired) electrons. The molecule has 2 N–H and O–H groups in total. The molecule has 0 unspecified atom stereocenters. The van der Waals surface area contributed by atoms with Crippen LogP contribution in [0.4, 0.5) is 0 Å². The van der Waals surface area contributed by atoms with Crippen molar-refractivity contribution in [2.24, 2.45) is 5.92 Å². The van der Waals surface area contributed by atoms with Gasteiger partial charge in [-0.05, 0) is 43.9 Å². The van der Waals surface area contributed by atoms with E-state index in [4.69, 9.17) is 4.42 Å². The first kappa shape index (κ1) is 17.4. The topological polar surface area (TPSA) is 84.2 Å². The van der Waals surface area contributed by atoms with Crippen molar-refractivity contribution in [2.45, 2.75) is 32.2 Å². The fourth-order valence-corrected chi connectivity index (χ4v) is 3.41. The maximum absolute atomic E-state index is 12.2. The Labute approximate surface area is 150 Å². The molecule has 0 aliphatic heterocycles. The van der Waals surface area contributed by atoms with Crippen LogP contribution >= 0.6 is 11.3 Å². The number of carbonyl (C=O) groups is 2. The van der Waals surface area contributed by atoms with Gasteiger partial charge in [0, 0.05) is 30.1 Å². The molecular formula is C18H21N3O3S. The normalized spacial score (nSPS) is 15.2. The lowest BCUT2D eigenvalue weighted by Crippen LogP contribution is -2.33. The van der Waals surface area contributed by atoms with Gasteiger partial charge >= 0.3 is 0 Å². The predicted molar refractivity (Wildman–Crippen MR) is 95.8 cm³/mol. The van der Waals surface area contributed by atoms with Gasteiger partial charge in [-0.1, -0.05) is 0 Å². The van der Waals surface area contributed by atoms with Crippen LogP contribution < -0.4 is 10.6 Å². The molecule has 1 aliphatic rings. The van der Waals surface area contributed by atoms with Gasteiger partial charge < -0.3 is 15.1 Å². The van der Waals surface area contributed by atoms with Crippen molar-refractivity contribution in [1.29, 1.82) is 0 Å². The monoisotopic (exact) mass is 359 g/mol. The van der Waals surface area contributed by atoms with E-state index in [9.17, 15) is 9.59 Å². The third kappa shape index (κ3) is 5.29. The van der Waals surface area contributed by atoms with Gasteiger partial charge in [-0.2, -0.15) is 0 Å². The molecule has 2 heterocycles. The molecule has 3 rings (SSSR count). The molecule has 0 bridgehead atoms. The number of aromatic nitrogens is 1. The smallest absolute Gasteiger partial charge is 0.244 e. The molecule has 2 aromatic rings. The van der Waals surface area contributed by atoms with E-state index < -0.39 is 0 Å². The molecule has 132 valence electrons. The van der Waals surface area contributed by atoms with Crippen LogP contribution in [0, 0.1) is 12.8 Å². The van der Waals surface area contributed by atoms with E-state index in [1.807, 2.05) is 12.3 Å². The first-order valence-corrected chi connectivity index (χ1v) is 9.20. The number of amides is 2. The van der Waals surface area contributed by atoms with E-state index >= 15 is 0 Å². The van der Waals surface area contributed by atoms with Gasteiger partial charge in [-0.15, -0.1) is 11.3 Å². The Hall–Kier alpha value is -2.41. The highest BCUT2D eigenvalue weighted by Gasteiger charge is 2.35. The minimum absolute atomic E-state index is 0.000694. The molecule has 1 fully saturated rings. The quantitative estimate of drug-likeness (QED) is 0.710. The van der Waals surface area contributed by atoms with Crippen LogP contribution in [0.5, 0.6) is 0 Å². The molecule has 25 heavy (non-hydrogen) atoms. The molecule has 2 amide bonds. The molecule has 1 atom stereocenters. The van der Waals surface area contributed by atoms with E-state index in [0.29, 0.717) is 18.2 Å². The van der Waals surface area contributed by atoms with Crippen LogP contribution in [-0.4, -0.2) is 23.3 Å². The molecule has 1 aliphatic carbocycles. The van der Waals surface area contributed by atoms with Crippen LogP contribution in [-0.2, 0) is 9.59 Å². The van der Waals surface area contributed by atoms with Gasteiger partial charge in [0.05, 0.1) is 12.3 Å². The average Bonchev–Trinajstić information content (AvgIpc) is 3.11. The Balaban J connectivity index is 1.42. The zero-order valence-corrected chi connectivity index (χ0v) is 14.8. The second-order valence-corrected chi connectivity index (χ2v) is 6.99. The molecule has 6 nitrogen and oxygen atoms in total. The van der Waals surface area contributed by atoms with E-state index in [1.54, 1.807) is 35.8 Å². The number of nitrogens with one attached hydrogen (secondary N) is 2. The van der Waals surface area contributed by atoms with Gasteiger partial charge in [-0.25, -0.2) is 4.98 Å². The van der Waals surface area contributed by atoms with Crippen molar-refractivity contribution >= 4 is 29.2 Å². The standard InChI is InChI=1S/C18H21N3O3S/c1-12-11-25-18(20-12)17(13-4-5-13)21-16(23)8-9-19-15(22)7-6-14-3-2-10-24-14/h2-3,6-7,10-11,13,17H,4-5,8-9H2,1H3,(H,19,22)(H,21,23)/b7-6+/t17-/m1/s1. The number of hydrogen-bond acceptors (Lipinski definition) is 5. The second-order valence-electron chi connectivity index (χ2n) is 6.10. The molecule has 7 heteroatoms. The summed E-state index contributed by atoms with van der Waals surface area (Å²) in [5.74, 6) is 0.776. The van der Waals surface area contributed by atoms with Crippen LogP contribution in [0.1, 0.15) is 41.8 Å². The van der Waals surface area contributed by atoms with Gasteiger partial charge in [-0.3, -0.25) is 9.59 Å². The molecule has 1 saturated carbocycles. The van der Waals surface area contributed by atoms with Crippen molar-refractivity contribution < 1.29 is 14.0 Å². The summed E-state index contributed by atoms with van der Waals surface area (Å²) in [7, 11) is 0. The number of hydrogen-bond donors (Lipinski definition) is 2. The third-order valence-corrected chi connectivity index (χ3v) is 4.95. The maximum atomic E-state index is 12.2. The minimum Gasteiger partial charge on any atom is -0.465 e. The largest absolute Gasteiger partial charge is 0.465 e. The van der Waals surface area contributed by atoms with E-state index in [-0.39, 0.29) is 24.3 Å². The highest BCUT2D eigenvalue weighted by Crippen LogP contribution is 2.41. The number of thiazole rings is 1. The van der Waals surface area contributed by atoms with Crippen LogP contribution in [0.15, 0.2) is 34.3 Å². The predicted octanol–water partition coefficient (Wildman–Crippen LogP) is 2.83. The number of furan rings is 1. The highest BCUT2D eigenvalue weighted by molar-refractivity contribution is 7.09. The summed E-state index contributed by atoms with van der Waals surface area (Å²) in [5, 5.41) is 8.73. The van der Waals surface area contributed by atoms with Crippen LogP contribution in [0.2, 0.25) is 0 Å². The van der Waals surface area contributed by atoms with Gasteiger partial charge in [0.2, 0.25) is 11.8 Å². The zero-order valence-electron chi connectivity index (χ0n) is 14.0. The summed E-state index contributed by atoms with van der Waals surface area (Å²) in [5.41, 5.74) is 0.982. The summed E-state index contributed by atoms with van der Waals surface area (Å²) < 4.78 is 5.11. The third-order valence-electron chi connectivity index (χ3n) is 3.91. The maximum Gasteiger partial charge on any atom is 0.244 e. The van der Waals surface area contributed by atoms with Crippen LogP contribution in [0.3, 0.4) is 0 Å².